The average Bonchev–Trinajstić information content (AvgIpc) is 2.78. The fourth-order valence-electron chi connectivity index (χ4n) is 1.44. The molecule has 0 saturated carbocycles. The SMILES string of the molecule is CC(C)c1cccc(Oc2nc(C(=O)O)co2)c1. The van der Waals surface area contributed by atoms with Crippen molar-refractivity contribution in [3.63, 3.8) is 0 Å². The van der Waals surface area contributed by atoms with Crippen LogP contribution in [0.2, 0.25) is 0 Å². The highest BCUT2D eigenvalue weighted by molar-refractivity contribution is 5.84. The third kappa shape index (κ3) is 2.68. The van der Waals surface area contributed by atoms with E-state index in [0.29, 0.717) is 11.7 Å². The van der Waals surface area contributed by atoms with E-state index < -0.39 is 5.97 Å². The predicted octanol–water partition coefficient (Wildman–Crippen LogP) is 3.29. The highest BCUT2D eigenvalue weighted by atomic mass is 16.6. The van der Waals surface area contributed by atoms with Gasteiger partial charge in [-0.05, 0) is 23.6 Å². The van der Waals surface area contributed by atoms with Crippen molar-refractivity contribution in [2.75, 3.05) is 0 Å². The molecular formula is C13H13NO4. The number of aromatic carboxylic acids is 1. The summed E-state index contributed by atoms with van der Waals surface area (Å²) < 4.78 is 10.3. The maximum absolute atomic E-state index is 10.6. The van der Waals surface area contributed by atoms with E-state index in [1.165, 1.54) is 0 Å². The third-order valence-electron chi connectivity index (χ3n) is 2.43. The first-order chi connectivity index (χ1) is 8.56. The smallest absolute Gasteiger partial charge is 0.399 e. The number of carboxylic acids is 1. The van der Waals surface area contributed by atoms with Crippen molar-refractivity contribution in [3.05, 3.63) is 41.8 Å². The number of benzene rings is 1. The molecule has 0 saturated heterocycles. The normalized spacial score (nSPS) is 10.6. The topological polar surface area (TPSA) is 72.6 Å². The van der Waals surface area contributed by atoms with Gasteiger partial charge < -0.3 is 14.3 Å². The van der Waals surface area contributed by atoms with Gasteiger partial charge >= 0.3 is 12.0 Å². The molecule has 1 aromatic carbocycles. The lowest BCUT2D eigenvalue weighted by atomic mass is 10.0. The fraction of sp³-hybridized carbons (Fsp3) is 0.231. The average molecular weight is 247 g/mol. The molecule has 1 N–H and O–H groups in total. The highest BCUT2D eigenvalue weighted by Gasteiger charge is 2.12. The zero-order chi connectivity index (χ0) is 13.1. The van der Waals surface area contributed by atoms with Gasteiger partial charge in [0.1, 0.15) is 12.0 Å². The molecule has 94 valence electrons. The Labute approximate surface area is 104 Å². The van der Waals surface area contributed by atoms with Crippen molar-refractivity contribution in [2.24, 2.45) is 0 Å². The fourth-order valence-corrected chi connectivity index (χ4v) is 1.44. The second-order valence-corrected chi connectivity index (χ2v) is 4.13. The van der Waals surface area contributed by atoms with Gasteiger partial charge in [0.05, 0.1) is 0 Å². The van der Waals surface area contributed by atoms with Crippen LogP contribution in [0.15, 0.2) is 34.9 Å². The molecule has 0 unspecified atom stereocenters. The van der Waals surface area contributed by atoms with Crippen LogP contribution in [0.25, 0.3) is 0 Å². The molecule has 1 heterocycles. The van der Waals surface area contributed by atoms with Crippen molar-refractivity contribution in [3.8, 4) is 11.8 Å². The Morgan fingerprint density at radius 1 is 1.44 bits per heavy atom. The van der Waals surface area contributed by atoms with Crippen LogP contribution in [0.5, 0.6) is 11.8 Å². The molecule has 0 spiro atoms. The van der Waals surface area contributed by atoms with Gasteiger partial charge in [0, 0.05) is 0 Å². The summed E-state index contributed by atoms with van der Waals surface area (Å²) in [6, 6.07) is 7.49. The first-order valence-corrected chi connectivity index (χ1v) is 5.53. The van der Waals surface area contributed by atoms with Crippen LogP contribution in [0, 0.1) is 0 Å². The van der Waals surface area contributed by atoms with Crippen molar-refractivity contribution in [1.82, 2.24) is 4.98 Å². The van der Waals surface area contributed by atoms with E-state index in [2.05, 4.69) is 18.8 Å². The maximum atomic E-state index is 10.6. The van der Waals surface area contributed by atoms with Gasteiger partial charge in [-0.3, -0.25) is 0 Å². The second kappa shape index (κ2) is 4.91. The maximum Gasteiger partial charge on any atom is 0.399 e. The van der Waals surface area contributed by atoms with E-state index in [0.717, 1.165) is 11.8 Å². The van der Waals surface area contributed by atoms with Crippen molar-refractivity contribution in [1.29, 1.82) is 0 Å². The molecule has 2 aromatic rings. The van der Waals surface area contributed by atoms with Gasteiger partial charge in [0.25, 0.3) is 0 Å². The van der Waals surface area contributed by atoms with Gasteiger partial charge in [0.2, 0.25) is 0 Å². The molecule has 0 fully saturated rings. The van der Waals surface area contributed by atoms with Crippen LogP contribution in [-0.2, 0) is 0 Å². The van der Waals surface area contributed by atoms with Crippen molar-refractivity contribution in [2.45, 2.75) is 19.8 Å². The lowest BCUT2D eigenvalue weighted by Gasteiger charge is -2.07. The number of nitrogens with zero attached hydrogens (tertiary/aromatic N) is 1. The quantitative estimate of drug-likeness (QED) is 0.897. The molecule has 2 rings (SSSR count). The van der Waals surface area contributed by atoms with Crippen LogP contribution < -0.4 is 4.74 Å². The molecule has 5 heteroatoms. The van der Waals surface area contributed by atoms with Gasteiger partial charge in [-0.1, -0.05) is 26.0 Å². The van der Waals surface area contributed by atoms with Crippen molar-refractivity contribution >= 4 is 5.97 Å². The minimum absolute atomic E-state index is 0.0756. The first kappa shape index (κ1) is 12.2. The molecule has 0 bridgehead atoms. The molecule has 0 aliphatic carbocycles. The predicted molar refractivity (Wildman–Crippen MR) is 64.1 cm³/mol. The molecule has 0 radical (unpaired) electrons. The number of aromatic nitrogens is 1. The standard InChI is InChI=1S/C13H13NO4/c1-8(2)9-4-3-5-10(6-9)18-13-14-11(7-17-13)12(15)16/h3-8H,1-2H3,(H,15,16). The molecule has 0 aliphatic heterocycles. The number of carbonyl (C=O) groups is 1. The highest BCUT2D eigenvalue weighted by Crippen LogP contribution is 2.24. The van der Waals surface area contributed by atoms with Crippen LogP contribution in [-0.4, -0.2) is 16.1 Å². The molecule has 0 aliphatic rings. The zero-order valence-electron chi connectivity index (χ0n) is 10.1. The van der Waals surface area contributed by atoms with Gasteiger partial charge in [-0.25, -0.2) is 4.79 Å². The second-order valence-electron chi connectivity index (χ2n) is 4.13. The Bertz CT molecular complexity index is 560. The molecular weight excluding hydrogens is 234 g/mol. The molecule has 0 atom stereocenters. The number of ether oxygens (including phenoxy) is 1. The first-order valence-electron chi connectivity index (χ1n) is 5.53. The van der Waals surface area contributed by atoms with Crippen LogP contribution in [0.3, 0.4) is 0 Å². The Morgan fingerprint density at radius 2 is 2.22 bits per heavy atom. The summed E-state index contributed by atoms with van der Waals surface area (Å²) in [5.74, 6) is -0.197. The van der Waals surface area contributed by atoms with Crippen molar-refractivity contribution < 1.29 is 19.1 Å². The third-order valence-corrected chi connectivity index (χ3v) is 2.43. The number of oxazole rings is 1. The largest absolute Gasteiger partial charge is 0.476 e. The van der Waals surface area contributed by atoms with E-state index in [1.807, 2.05) is 18.2 Å². The number of rotatable bonds is 4. The number of carboxylic acid groups (broad SMARTS) is 1. The minimum Gasteiger partial charge on any atom is -0.476 e. The summed E-state index contributed by atoms with van der Waals surface area (Å²) >= 11 is 0. The zero-order valence-corrected chi connectivity index (χ0v) is 10.1. The summed E-state index contributed by atoms with van der Waals surface area (Å²) in [4.78, 5) is 14.3. The Balaban J connectivity index is 2.17. The molecule has 18 heavy (non-hydrogen) atoms. The summed E-state index contributed by atoms with van der Waals surface area (Å²) in [5.41, 5.74) is 0.947. The van der Waals surface area contributed by atoms with Gasteiger partial charge in [0.15, 0.2) is 5.69 Å². The van der Waals surface area contributed by atoms with E-state index >= 15 is 0 Å². The van der Waals surface area contributed by atoms with Crippen LogP contribution >= 0.6 is 0 Å². The molecule has 5 nitrogen and oxygen atoms in total. The monoisotopic (exact) mass is 247 g/mol. The van der Waals surface area contributed by atoms with Crippen LogP contribution in [0.4, 0.5) is 0 Å². The van der Waals surface area contributed by atoms with E-state index in [9.17, 15) is 4.79 Å². The molecule has 1 aromatic heterocycles. The minimum atomic E-state index is -1.15. The van der Waals surface area contributed by atoms with E-state index in [-0.39, 0.29) is 11.8 Å². The summed E-state index contributed by atoms with van der Waals surface area (Å²) in [6.07, 6.45) is 0.970. The lowest BCUT2D eigenvalue weighted by molar-refractivity contribution is 0.0690. The van der Waals surface area contributed by atoms with Crippen LogP contribution in [0.1, 0.15) is 35.8 Å². The lowest BCUT2D eigenvalue weighted by Crippen LogP contribution is -1.96. The summed E-state index contributed by atoms with van der Waals surface area (Å²) in [7, 11) is 0. The van der Waals surface area contributed by atoms with Gasteiger partial charge in [-0.15, -0.1) is 0 Å². The summed E-state index contributed by atoms with van der Waals surface area (Å²) in [5, 5.41) is 8.70. The van der Waals surface area contributed by atoms with Gasteiger partial charge in [-0.2, -0.15) is 4.98 Å². The number of hydrogen-bond donors (Lipinski definition) is 1. The Morgan fingerprint density at radius 3 is 2.83 bits per heavy atom. The Hall–Kier alpha value is -2.30. The molecule has 0 amide bonds. The number of hydrogen-bond acceptors (Lipinski definition) is 4. The van der Waals surface area contributed by atoms with E-state index in [4.69, 9.17) is 14.3 Å². The Kier molecular flexibility index (Phi) is 3.32. The van der Waals surface area contributed by atoms with E-state index in [1.54, 1.807) is 6.07 Å². The summed E-state index contributed by atoms with van der Waals surface area (Å²) in [6.45, 7) is 4.15.